The van der Waals surface area contributed by atoms with Crippen LogP contribution in [0.1, 0.15) is 36.8 Å². The lowest BCUT2D eigenvalue weighted by molar-refractivity contribution is -0.121. The number of anilines is 1. The maximum atomic E-state index is 11.5. The average Bonchev–Trinajstić information content (AvgIpc) is 3.23. The summed E-state index contributed by atoms with van der Waals surface area (Å²) in [4.78, 5) is 15.7. The molecule has 0 heterocycles. The van der Waals surface area contributed by atoms with Gasteiger partial charge in [-0.05, 0) is 56.4 Å². The largest absolute Gasteiger partial charge is 0.370 e. The van der Waals surface area contributed by atoms with Crippen molar-refractivity contribution in [2.45, 2.75) is 45.6 Å². The van der Waals surface area contributed by atoms with E-state index in [2.05, 4.69) is 29.5 Å². The van der Waals surface area contributed by atoms with Crippen LogP contribution < -0.4 is 16.4 Å². The van der Waals surface area contributed by atoms with E-state index >= 15 is 0 Å². The van der Waals surface area contributed by atoms with Gasteiger partial charge in [-0.2, -0.15) is 0 Å². The van der Waals surface area contributed by atoms with Crippen LogP contribution in [0.3, 0.4) is 0 Å². The first-order valence-corrected chi connectivity index (χ1v) is 7.48. The number of halogens is 1. The van der Waals surface area contributed by atoms with Crippen molar-refractivity contribution in [2.75, 3.05) is 11.9 Å². The van der Waals surface area contributed by atoms with Crippen molar-refractivity contribution in [2.24, 2.45) is 10.7 Å². The summed E-state index contributed by atoms with van der Waals surface area (Å²) in [6.45, 7) is 4.69. The van der Waals surface area contributed by atoms with E-state index < -0.39 is 0 Å². The lowest BCUT2D eigenvalue weighted by atomic mass is 10.1. The maximum absolute atomic E-state index is 11.5. The average molecular weight is 416 g/mol. The van der Waals surface area contributed by atoms with E-state index in [-0.39, 0.29) is 29.9 Å². The summed E-state index contributed by atoms with van der Waals surface area (Å²) in [6, 6.07) is 6.50. The van der Waals surface area contributed by atoms with Crippen molar-refractivity contribution in [3.63, 3.8) is 0 Å². The van der Waals surface area contributed by atoms with Crippen LogP contribution in [-0.2, 0) is 4.79 Å². The lowest BCUT2D eigenvalue weighted by Crippen LogP contribution is -2.25. The molecule has 0 aromatic heterocycles. The van der Waals surface area contributed by atoms with E-state index in [1.165, 1.54) is 11.1 Å². The van der Waals surface area contributed by atoms with Crippen molar-refractivity contribution in [3.8, 4) is 0 Å². The third-order valence-corrected chi connectivity index (χ3v) is 3.57. The van der Waals surface area contributed by atoms with Crippen molar-refractivity contribution in [1.29, 1.82) is 0 Å². The van der Waals surface area contributed by atoms with Gasteiger partial charge in [-0.1, -0.05) is 6.07 Å². The number of aliphatic imine (C=N–C) groups is 1. The Bertz CT molecular complexity index is 541. The molecule has 4 N–H and O–H groups in total. The van der Waals surface area contributed by atoms with Crippen molar-refractivity contribution < 1.29 is 4.79 Å². The van der Waals surface area contributed by atoms with Gasteiger partial charge in [0.05, 0.1) is 0 Å². The zero-order valence-corrected chi connectivity index (χ0v) is 15.5. The normalized spacial score (nSPS) is 14.2. The van der Waals surface area contributed by atoms with Gasteiger partial charge in [0.25, 0.3) is 0 Å². The Hall–Kier alpha value is -1.31. The number of nitrogens with zero attached hydrogens (tertiary/aromatic N) is 1. The number of benzene rings is 1. The fourth-order valence-electron chi connectivity index (χ4n) is 1.97. The molecule has 0 atom stereocenters. The molecule has 22 heavy (non-hydrogen) atoms. The standard InChI is InChI=1S/C16H24N4O.HI/c1-11-5-6-14(10-12(11)2)20-16(17)18-9-3-4-15(21)19-13-7-8-13;/h5-6,10,13H,3-4,7-9H2,1-2H3,(H,19,21)(H3,17,18,20);1H. The van der Waals surface area contributed by atoms with Gasteiger partial charge in [-0.15, -0.1) is 24.0 Å². The smallest absolute Gasteiger partial charge is 0.220 e. The molecule has 122 valence electrons. The second kappa shape index (κ2) is 8.97. The van der Waals surface area contributed by atoms with Crippen molar-refractivity contribution in [1.82, 2.24) is 5.32 Å². The molecule has 5 nitrogen and oxygen atoms in total. The third kappa shape index (κ3) is 6.64. The van der Waals surface area contributed by atoms with Crippen molar-refractivity contribution in [3.05, 3.63) is 29.3 Å². The van der Waals surface area contributed by atoms with Crippen LogP contribution >= 0.6 is 24.0 Å². The molecule has 0 radical (unpaired) electrons. The number of carbonyl (C=O) groups is 1. The summed E-state index contributed by atoms with van der Waals surface area (Å²) < 4.78 is 0. The molecule has 0 bridgehead atoms. The highest BCUT2D eigenvalue weighted by Crippen LogP contribution is 2.18. The van der Waals surface area contributed by atoms with Gasteiger partial charge in [-0.25, -0.2) is 0 Å². The highest BCUT2D eigenvalue weighted by molar-refractivity contribution is 14.0. The fourth-order valence-corrected chi connectivity index (χ4v) is 1.97. The molecule has 1 aliphatic rings. The van der Waals surface area contributed by atoms with E-state index in [1.807, 2.05) is 18.2 Å². The van der Waals surface area contributed by atoms with Gasteiger partial charge < -0.3 is 16.4 Å². The van der Waals surface area contributed by atoms with Gasteiger partial charge >= 0.3 is 0 Å². The topological polar surface area (TPSA) is 79.5 Å². The van der Waals surface area contributed by atoms with Gasteiger partial charge in [0, 0.05) is 24.7 Å². The number of nitrogens with one attached hydrogen (secondary N) is 2. The Labute approximate surface area is 149 Å². The van der Waals surface area contributed by atoms with Crippen molar-refractivity contribution >= 4 is 41.5 Å². The van der Waals surface area contributed by atoms with Crippen LogP contribution in [-0.4, -0.2) is 24.5 Å². The number of rotatable bonds is 6. The summed E-state index contributed by atoms with van der Waals surface area (Å²) >= 11 is 0. The molecular weight excluding hydrogens is 391 g/mol. The minimum atomic E-state index is 0. The van der Waals surface area contributed by atoms with Crippen LogP contribution in [0.4, 0.5) is 5.69 Å². The van der Waals surface area contributed by atoms with E-state index in [1.54, 1.807) is 0 Å². The highest BCUT2D eigenvalue weighted by Gasteiger charge is 2.22. The molecule has 0 saturated heterocycles. The van der Waals surface area contributed by atoms with E-state index in [4.69, 9.17) is 5.73 Å². The summed E-state index contributed by atoms with van der Waals surface area (Å²) in [5.41, 5.74) is 9.24. The number of carbonyl (C=O) groups excluding carboxylic acids is 1. The van der Waals surface area contributed by atoms with Crippen LogP contribution in [0, 0.1) is 13.8 Å². The first kappa shape index (κ1) is 18.7. The number of hydrogen-bond donors (Lipinski definition) is 3. The predicted octanol–water partition coefficient (Wildman–Crippen LogP) is 2.71. The Morgan fingerprint density at radius 3 is 2.68 bits per heavy atom. The SMILES string of the molecule is Cc1ccc(NC(N)=NCCCC(=O)NC2CC2)cc1C.I. The molecule has 1 saturated carbocycles. The molecule has 2 rings (SSSR count). The Morgan fingerprint density at radius 1 is 1.32 bits per heavy atom. The van der Waals surface area contributed by atoms with Gasteiger partial charge in [0.2, 0.25) is 5.91 Å². The molecule has 0 unspecified atom stereocenters. The van der Waals surface area contributed by atoms with Gasteiger partial charge in [-0.3, -0.25) is 9.79 Å². The molecule has 0 spiro atoms. The number of nitrogens with two attached hydrogens (primary N) is 1. The lowest BCUT2D eigenvalue weighted by Gasteiger charge is -2.08. The Morgan fingerprint density at radius 2 is 2.05 bits per heavy atom. The molecule has 1 fully saturated rings. The second-order valence-corrected chi connectivity index (χ2v) is 5.64. The number of aryl methyl sites for hydroxylation is 2. The molecule has 0 aliphatic heterocycles. The van der Waals surface area contributed by atoms with Crippen LogP contribution in [0.15, 0.2) is 23.2 Å². The van der Waals surface area contributed by atoms with E-state index in [0.717, 1.165) is 18.5 Å². The zero-order valence-electron chi connectivity index (χ0n) is 13.2. The second-order valence-electron chi connectivity index (χ2n) is 5.64. The molecule has 1 amide bonds. The number of guanidine groups is 1. The Kier molecular flexibility index (Phi) is 7.64. The number of amides is 1. The highest BCUT2D eigenvalue weighted by atomic mass is 127. The molecule has 1 aromatic rings. The fraction of sp³-hybridized carbons (Fsp3) is 0.500. The minimum absolute atomic E-state index is 0. The monoisotopic (exact) mass is 416 g/mol. The Balaban J connectivity index is 0.00000242. The third-order valence-electron chi connectivity index (χ3n) is 3.57. The minimum Gasteiger partial charge on any atom is -0.370 e. The summed E-state index contributed by atoms with van der Waals surface area (Å²) in [5, 5.41) is 6.03. The van der Waals surface area contributed by atoms with Crippen LogP contribution in [0.2, 0.25) is 0 Å². The molecule has 1 aromatic carbocycles. The summed E-state index contributed by atoms with van der Waals surface area (Å²) in [7, 11) is 0. The summed E-state index contributed by atoms with van der Waals surface area (Å²) in [5.74, 6) is 0.509. The quantitative estimate of drug-likeness (QED) is 0.289. The molecule has 6 heteroatoms. The summed E-state index contributed by atoms with van der Waals surface area (Å²) in [6.07, 6.45) is 3.47. The first-order chi connectivity index (χ1) is 10.0. The van der Waals surface area contributed by atoms with Gasteiger partial charge in [0.15, 0.2) is 5.96 Å². The van der Waals surface area contributed by atoms with Crippen LogP contribution in [0.25, 0.3) is 0 Å². The van der Waals surface area contributed by atoms with Crippen LogP contribution in [0.5, 0.6) is 0 Å². The van der Waals surface area contributed by atoms with E-state index in [0.29, 0.717) is 31.4 Å². The van der Waals surface area contributed by atoms with E-state index in [9.17, 15) is 4.79 Å². The predicted molar refractivity (Wildman–Crippen MR) is 102 cm³/mol. The zero-order chi connectivity index (χ0) is 15.2. The van der Waals surface area contributed by atoms with Gasteiger partial charge in [0.1, 0.15) is 0 Å². The maximum Gasteiger partial charge on any atom is 0.220 e. The first-order valence-electron chi connectivity index (χ1n) is 7.48. The molecule has 1 aliphatic carbocycles. The molecular formula is C16H25IN4O. The number of hydrogen-bond acceptors (Lipinski definition) is 2.